The van der Waals surface area contributed by atoms with E-state index in [1.165, 1.54) is 17.7 Å². The van der Waals surface area contributed by atoms with Crippen LogP contribution in [0, 0.1) is 0 Å². The molecule has 0 aromatic heterocycles. The van der Waals surface area contributed by atoms with Crippen molar-refractivity contribution in [3.05, 3.63) is 70.8 Å². The molecule has 0 bridgehead atoms. The zero-order valence-electron chi connectivity index (χ0n) is 21.5. The first-order chi connectivity index (χ1) is 18.0. The van der Waals surface area contributed by atoms with Gasteiger partial charge < -0.3 is 20.8 Å². The van der Waals surface area contributed by atoms with E-state index in [1.54, 1.807) is 26.0 Å². The number of carbonyl (C=O) groups excluding carboxylic acids is 1. The third kappa shape index (κ3) is 7.96. The van der Waals surface area contributed by atoms with Gasteiger partial charge in [0.05, 0.1) is 5.60 Å². The summed E-state index contributed by atoms with van der Waals surface area (Å²) in [6.45, 7) is 4.93. The standard InChI is InChI=1S/C27H31F6N3O3/c1-24(2,38)17-34-23(37)35-22-9-5-18(6-10-22)15-19-11-13-36(14-12-19)16-20-3-7-21(8-4-20)25(39,26(28,29)30)27(31,32)33/h3-10,15,38-39H,11-14,16-17H2,1-2H3,(H2,34,35,37). The van der Waals surface area contributed by atoms with Gasteiger partial charge in [0.15, 0.2) is 0 Å². The van der Waals surface area contributed by atoms with E-state index < -0.39 is 35.1 Å². The summed E-state index contributed by atoms with van der Waals surface area (Å²) in [6.07, 6.45) is -8.31. The molecule has 0 saturated carbocycles. The van der Waals surface area contributed by atoms with Gasteiger partial charge in [0.1, 0.15) is 0 Å². The SMILES string of the molecule is CC(C)(O)CNC(=O)Nc1ccc(C=C2CCN(Cc3ccc(C(O)(C(F)(F)F)C(F)(F)F)cc3)CC2)cc1. The number of likely N-dealkylation sites (tertiary alicyclic amines) is 1. The van der Waals surface area contributed by atoms with Crippen LogP contribution >= 0.6 is 0 Å². The van der Waals surface area contributed by atoms with Crippen molar-refractivity contribution in [2.24, 2.45) is 0 Å². The van der Waals surface area contributed by atoms with E-state index in [2.05, 4.69) is 10.6 Å². The Morgan fingerprint density at radius 3 is 1.92 bits per heavy atom. The first-order valence-electron chi connectivity index (χ1n) is 12.2. The van der Waals surface area contributed by atoms with Crippen LogP contribution in [0.3, 0.4) is 0 Å². The van der Waals surface area contributed by atoms with Crippen LogP contribution < -0.4 is 10.6 Å². The molecule has 0 unspecified atom stereocenters. The highest BCUT2D eigenvalue weighted by Crippen LogP contribution is 2.50. The quantitative estimate of drug-likeness (QED) is 0.334. The number of urea groups is 1. The number of nitrogens with zero attached hydrogens (tertiary/aromatic N) is 1. The second-order valence-corrected chi connectivity index (χ2v) is 10.2. The molecule has 1 heterocycles. The average molecular weight is 560 g/mol. The van der Waals surface area contributed by atoms with E-state index in [0.29, 0.717) is 43.0 Å². The van der Waals surface area contributed by atoms with Gasteiger partial charge in [-0.2, -0.15) is 26.3 Å². The van der Waals surface area contributed by atoms with Crippen LogP contribution in [0.25, 0.3) is 6.08 Å². The summed E-state index contributed by atoms with van der Waals surface area (Å²) in [5.74, 6) is 0. The molecule has 0 aliphatic carbocycles. The monoisotopic (exact) mass is 559 g/mol. The maximum atomic E-state index is 13.1. The van der Waals surface area contributed by atoms with Crippen molar-refractivity contribution in [1.29, 1.82) is 0 Å². The van der Waals surface area contributed by atoms with E-state index in [-0.39, 0.29) is 6.54 Å². The van der Waals surface area contributed by atoms with Gasteiger partial charge in [-0.3, -0.25) is 4.90 Å². The minimum Gasteiger partial charge on any atom is -0.389 e. The summed E-state index contributed by atoms with van der Waals surface area (Å²) in [6, 6.07) is 10.5. The van der Waals surface area contributed by atoms with Crippen molar-refractivity contribution in [2.45, 2.75) is 56.8 Å². The highest BCUT2D eigenvalue weighted by atomic mass is 19.4. The number of anilines is 1. The average Bonchev–Trinajstić information content (AvgIpc) is 2.83. The smallest absolute Gasteiger partial charge is 0.389 e. The molecule has 2 aromatic carbocycles. The Hall–Kier alpha value is -3.09. The zero-order chi connectivity index (χ0) is 29.1. The molecule has 2 aromatic rings. The van der Waals surface area contributed by atoms with Crippen molar-refractivity contribution in [3.8, 4) is 0 Å². The van der Waals surface area contributed by atoms with Crippen LogP contribution in [0.15, 0.2) is 54.1 Å². The van der Waals surface area contributed by atoms with Gasteiger partial charge >= 0.3 is 18.4 Å². The molecule has 6 nitrogen and oxygen atoms in total. The van der Waals surface area contributed by atoms with Gasteiger partial charge in [0, 0.05) is 37.4 Å². The summed E-state index contributed by atoms with van der Waals surface area (Å²) in [4.78, 5) is 14.0. The molecule has 4 N–H and O–H groups in total. The van der Waals surface area contributed by atoms with Crippen LogP contribution in [0.1, 0.15) is 43.4 Å². The molecule has 2 amide bonds. The van der Waals surface area contributed by atoms with Gasteiger partial charge in [-0.25, -0.2) is 4.79 Å². The van der Waals surface area contributed by atoms with Crippen LogP contribution in [-0.4, -0.2) is 58.7 Å². The minimum absolute atomic E-state index is 0.102. The summed E-state index contributed by atoms with van der Waals surface area (Å²) in [5, 5.41) is 24.5. The van der Waals surface area contributed by atoms with Crippen LogP contribution in [0.5, 0.6) is 0 Å². The number of benzene rings is 2. The van der Waals surface area contributed by atoms with Crippen molar-refractivity contribution in [3.63, 3.8) is 0 Å². The lowest BCUT2D eigenvalue weighted by atomic mass is 9.91. The largest absolute Gasteiger partial charge is 0.430 e. The number of hydrogen-bond donors (Lipinski definition) is 4. The normalized spacial score (nSPS) is 15.7. The summed E-state index contributed by atoms with van der Waals surface area (Å²) >= 11 is 0. The van der Waals surface area contributed by atoms with Crippen LogP contribution in [0.2, 0.25) is 0 Å². The third-order valence-electron chi connectivity index (χ3n) is 6.32. The second kappa shape index (κ2) is 11.6. The maximum absolute atomic E-state index is 13.1. The Morgan fingerprint density at radius 2 is 1.44 bits per heavy atom. The molecule has 3 rings (SSSR count). The zero-order valence-corrected chi connectivity index (χ0v) is 21.5. The molecular formula is C27H31F6N3O3. The Bertz CT molecular complexity index is 1130. The van der Waals surface area contributed by atoms with Crippen molar-refractivity contribution >= 4 is 17.8 Å². The number of piperidine rings is 1. The van der Waals surface area contributed by atoms with E-state index in [1.807, 2.05) is 23.1 Å². The number of alkyl halides is 6. The van der Waals surface area contributed by atoms with Crippen molar-refractivity contribution in [1.82, 2.24) is 10.2 Å². The summed E-state index contributed by atoms with van der Waals surface area (Å²) < 4.78 is 78.5. The lowest BCUT2D eigenvalue weighted by Gasteiger charge is -2.33. The van der Waals surface area contributed by atoms with Gasteiger partial charge in [-0.05, 0) is 49.9 Å². The second-order valence-electron chi connectivity index (χ2n) is 10.2. The number of amides is 2. The van der Waals surface area contributed by atoms with Gasteiger partial charge in [-0.15, -0.1) is 0 Å². The first kappa shape index (κ1) is 30.5. The molecule has 0 spiro atoms. The summed E-state index contributed by atoms with van der Waals surface area (Å²) in [7, 11) is 0. The molecule has 0 atom stereocenters. The van der Waals surface area contributed by atoms with E-state index in [9.17, 15) is 41.4 Å². The Labute approximate surface area is 222 Å². The van der Waals surface area contributed by atoms with E-state index >= 15 is 0 Å². The topological polar surface area (TPSA) is 84.8 Å². The van der Waals surface area contributed by atoms with Gasteiger partial charge in [0.2, 0.25) is 0 Å². The number of aliphatic hydroxyl groups is 2. The van der Waals surface area contributed by atoms with Crippen LogP contribution in [-0.2, 0) is 12.1 Å². The molecule has 214 valence electrons. The Morgan fingerprint density at radius 1 is 0.897 bits per heavy atom. The fourth-order valence-electron chi connectivity index (χ4n) is 4.11. The van der Waals surface area contributed by atoms with Gasteiger partial charge in [-0.1, -0.05) is 48.0 Å². The predicted molar refractivity (Wildman–Crippen MR) is 135 cm³/mol. The van der Waals surface area contributed by atoms with E-state index in [0.717, 1.165) is 18.4 Å². The highest BCUT2D eigenvalue weighted by Gasteiger charge is 2.71. The molecule has 0 radical (unpaired) electrons. The number of hydrogen-bond acceptors (Lipinski definition) is 4. The minimum atomic E-state index is -5.91. The van der Waals surface area contributed by atoms with Crippen molar-refractivity contribution < 1.29 is 41.4 Å². The number of nitrogens with one attached hydrogen (secondary N) is 2. The molecule has 1 saturated heterocycles. The molecular weight excluding hydrogens is 528 g/mol. The van der Waals surface area contributed by atoms with Gasteiger partial charge in [0.25, 0.3) is 5.60 Å². The lowest BCUT2D eigenvalue weighted by Crippen LogP contribution is -2.53. The van der Waals surface area contributed by atoms with Crippen LogP contribution in [0.4, 0.5) is 36.8 Å². The predicted octanol–water partition coefficient (Wildman–Crippen LogP) is 5.57. The molecule has 1 fully saturated rings. The number of halogens is 6. The fourth-order valence-corrected chi connectivity index (χ4v) is 4.11. The number of carbonyl (C=O) groups is 1. The lowest BCUT2D eigenvalue weighted by molar-refractivity contribution is -0.376. The molecule has 1 aliphatic heterocycles. The maximum Gasteiger partial charge on any atom is 0.430 e. The van der Waals surface area contributed by atoms with E-state index in [4.69, 9.17) is 0 Å². The molecule has 1 aliphatic rings. The van der Waals surface area contributed by atoms with Crippen molar-refractivity contribution in [2.75, 3.05) is 25.0 Å². The summed E-state index contributed by atoms with van der Waals surface area (Å²) in [5.41, 5.74) is -3.97. The Kier molecular flexibility index (Phi) is 9.03. The fraction of sp³-hybridized carbons (Fsp3) is 0.444. The molecule has 12 heteroatoms. The first-order valence-corrected chi connectivity index (χ1v) is 12.2. The highest BCUT2D eigenvalue weighted by molar-refractivity contribution is 5.89. The number of rotatable bonds is 7. The third-order valence-corrected chi connectivity index (χ3v) is 6.32. The molecule has 39 heavy (non-hydrogen) atoms. The Balaban J connectivity index is 1.53.